The number of unbranched alkanes of at least 4 members (excludes halogenated alkanes) is 1. The van der Waals surface area contributed by atoms with Crippen LogP contribution >= 0.6 is 15.9 Å². The molecular formula is C31H38BrN3O4S. The molecule has 3 aromatic carbocycles. The summed E-state index contributed by atoms with van der Waals surface area (Å²) in [5.41, 5.74) is 2.41. The minimum absolute atomic E-state index is 0.0976. The average molecular weight is 629 g/mol. The summed E-state index contributed by atoms with van der Waals surface area (Å²) in [6, 6.07) is 25.5. The molecule has 0 unspecified atom stereocenters. The highest BCUT2D eigenvalue weighted by atomic mass is 79.9. The first-order chi connectivity index (χ1) is 19.2. The van der Waals surface area contributed by atoms with Crippen LogP contribution in [0.1, 0.15) is 43.7 Å². The Morgan fingerprint density at radius 2 is 1.55 bits per heavy atom. The van der Waals surface area contributed by atoms with E-state index in [2.05, 4.69) is 28.2 Å². The molecule has 3 rings (SSSR count). The Morgan fingerprint density at radius 3 is 2.17 bits per heavy atom. The molecule has 0 aliphatic rings. The van der Waals surface area contributed by atoms with Crippen LogP contribution in [0.5, 0.6) is 0 Å². The largest absolute Gasteiger partial charge is 0.354 e. The van der Waals surface area contributed by atoms with Crippen LogP contribution < -0.4 is 9.62 Å². The molecule has 9 heteroatoms. The van der Waals surface area contributed by atoms with E-state index in [0.717, 1.165) is 34.7 Å². The van der Waals surface area contributed by atoms with Crippen molar-refractivity contribution < 1.29 is 18.0 Å². The second-order valence-electron chi connectivity index (χ2n) is 9.78. The van der Waals surface area contributed by atoms with Gasteiger partial charge in [-0.25, -0.2) is 8.42 Å². The van der Waals surface area contributed by atoms with Gasteiger partial charge in [0.05, 0.1) is 11.9 Å². The van der Waals surface area contributed by atoms with Gasteiger partial charge >= 0.3 is 0 Å². The second kappa shape index (κ2) is 15.6. The molecule has 1 N–H and O–H groups in total. The number of benzene rings is 3. The SMILES string of the molecule is CCCCNC(=O)[C@H](Cc1ccccc1)N(Cc1cccc(Br)c1)C(=O)CCCN(c1ccccc1)S(C)(=O)=O. The molecular weight excluding hydrogens is 590 g/mol. The van der Waals surface area contributed by atoms with Gasteiger partial charge in [-0.3, -0.25) is 13.9 Å². The van der Waals surface area contributed by atoms with Crippen LogP contribution in [-0.2, 0) is 32.6 Å². The Hall–Kier alpha value is -3.17. The third kappa shape index (κ3) is 9.78. The highest BCUT2D eigenvalue weighted by molar-refractivity contribution is 9.10. The fourth-order valence-electron chi connectivity index (χ4n) is 4.49. The molecule has 0 bridgehead atoms. The highest BCUT2D eigenvalue weighted by Gasteiger charge is 2.30. The second-order valence-corrected chi connectivity index (χ2v) is 12.6. The number of halogens is 1. The van der Waals surface area contributed by atoms with Crippen molar-refractivity contribution in [1.82, 2.24) is 10.2 Å². The lowest BCUT2D eigenvalue weighted by molar-refractivity contribution is -0.141. The maximum Gasteiger partial charge on any atom is 0.243 e. The van der Waals surface area contributed by atoms with E-state index in [4.69, 9.17) is 0 Å². The molecule has 7 nitrogen and oxygen atoms in total. The summed E-state index contributed by atoms with van der Waals surface area (Å²) in [5.74, 6) is -0.393. The lowest BCUT2D eigenvalue weighted by Crippen LogP contribution is -2.50. The monoisotopic (exact) mass is 627 g/mol. The molecule has 0 radical (unpaired) electrons. The number of sulfonamides is 1. The average Bonchev–Trinajstić information content (AvgIpc) is 2.93. The fourth-order valence-corrected chi connectivity index (χ4v) is 5.90. The number of hydrogen-bond donors (Lipinski definition) is 1. The molecule has 0 fully saturated rings. The van der Waals surface area contributed by atoms with E-state index in [0.29, 0.717) is 25.1 Å². The van der Waals surface area contributed by atoms with Crippen LogP contribution in [0.2, 0.25) is 0 Å². The van der Waals surface area contributed by atoms with Crippen molar-refractivity contribution in [1.29, 1.82) is 0 Å². The predicted molar refractivity (Wildman–Crippen MR) is 164 cm³/mol. The Morgan fingerprint density at radius 1 is 0.900 bits per heavy atom. The first-order valence-corrected chi connectivity index (χ1v) is 16.2. The van der Waals surface area contributed by atoms with E-state index in [-0.39, 0.29) is 31.3 Å². The highest BCUT2D eigenvalue weighted by Crippen LogP contribution is 2.21. The van der Waals surface area contributed by atoms with E-state index in [1.807, 2.05) is 60.7 Å². The van der Waals surface area contributed by atoms with Crippen LogP contribution in [0.25, 0.3) is 0 Å². The number of carbonyl (C=O) groups excluding carboxylic acids is 2. The van der Waals surface area contributed by atoms with E-state index < -0.39 is 16.1 Å². The minimum Gasteiger partial charge on any atom is -0.354 e. The van der Waals surface area contributed by atoms with E-state index in [1.165, 1.54) is 4.31 Å². The standard InChI is InChI=1S/C31H38BrN3O4S/c1-3-4-20-33-31(37)29(23-25-13-7-5-8-14-25)34(24-26-15-11-16-27(32)22-26)30(36)19-12-21-35(40(2,38)39)28-17-9-6-10-18-28/h5-11,13-18,22,29H,3-4,12,19-21,23-24H2,1-2H3,(H,33,37)/t29-/m0/s1. The molecule has 3 aromatic rings. The van der Waals surface area contributed by atoms with E-state index in [9.17, 15) is 18.0 Å². The molecule has 0 aromatic heterocycles. The van der Waals surface area contributed by atoms with Gasteiger partial charge in [0.2, 0.25) is 21.8 Å². The number of hydrogen-bond acceptors (Lipinski definition) is 4. The van der Waals surface area contributed by atoms with Crippen molar-refractivity contribution in [3.63, 3.8) is 0 Å². The Kier molecular flexibility index (Phi) is 12.2. The lowest BCUT2D eigenvalue weighted by atomic mass is 10.0. The smallest absolute Gasteiger partial charge is 0.243 e. The topological polar surface area (TPSA) is 86.8 Å². The molecule has 0 aliphatic carbocycles. The number of para-hydroxylation sites is 1. The summed E-state index contributed by atoms with van der Waals surface area (Å²) in [7, 11) is -3.53. The first kappa shape index (κ1) is 31.4. The number of rotatable bonds is 15. The van der Waals surface area contributed by atoms with Crippen LogP contribution in [0.4, 0.5) is 5.69 Å². The van der Waals surface area contributed by atoms with Gasteiger partial charge in [-0.15, -0.1) is 0 Å². The Labute approximate surface area is 246 Å². The molecule has 0 spiro atoms. The van der Waals surface area contributed by atoms with Gasteiger partial charge < -0.3 is 10.2 Å². The van der Waals surface area contributed by atoms with E-state index >= 15 is 0 Å². The van der Waals surface area contributed by atoms with Crippen LogP contribution in [0.15, 0.2) is 89.4 Å². The number of nitrogens with zero attached hydrogens (tertiary/aromatic N) is 2. The third-order valence-electron chi connectivity index (χ3n) is 6.54. The van der Waals surface area contributed by atoms with Crippen molar-refractivity contribution in [2.75, 3.05) is 23.7 Å². The molecule has 0 heterocycles. The number of nitrogens with one attached hydrogen (secondary N) is 1. The zero-order valence-corrected chi connectivity index (χ0v) is 25.5. The van der Waals surface area contributed by atoms with Crippen LogP contribution in [0, 0.1) is 0 Å². The fraction of sp³-hybridized carbons (Fsp3) is 0.355. The number of carbonyl (C=O) groups is 2. The van der Waals surface area contributed by atoms with Crippen molar-refractivity contribution in [2.24, 2.45) is 0 Å². The third-order valence-corrected chi connectivity index (χ3v) is 8.23. The molecule has 0 saturated carbocycles. The molecule has 1 atom stereocenters. The minimum atomic E-state index is -3.53. The predicted octanol–water partition coefficient (Wildman–Crippen LogP) is 5.55. The van der Waals surface area contributed by atoms with Crippen molar-refractivity contribution in [2.45, 2.75) is 51.6 Å². The summed E-state index contributed by atoms with van der Waals surface area (Å²) in [6.45, 7) is 3.02. The van der Waals surface area contributed by atoms with Gasteiger partial charge in [0.25, 0.3) is 0 Å². The van der Waals surface area contributed by atoms with Crippen molar-refractivity contribution >= 4 is 43.5 Å². The maximum atomic E-state index is 13.8. The van der Waals surface area contributed by atoms with Crippen molar-refractivity contribution in [3.8, 4) is 0 Å². The molecule has 0 aliphatic heterocycles. The van der Waals surface area contributed by atoms with Crippen molar-refractivity contribution in [3.05, 3.63) is 101 Å². The summed E-state index contributed by atoms with van der Waals surface area (Å²) in [6.07, 6.45) is 3.74. The van der Waals surface area contributed by atoms with Gasteiger partial charge in [0, 0.05) is 36.9 Å². The van der Waals surface area contributed by atoms with Gasteiger partial charge in [-0.1, -0.05) is 89.9 Å². The molecule has 40 heavy (non-hydrogen) atoms. The zero-order valence-electron chi connectivity index (χ0n) is 23.1. The van der Waals surface area contributed by atoms with Gasteiger partial charge in [0.1, 0.15) is 6.04 Å². The quantitative estimate of drug-likeness (QED) is 0.224. The zero-order chi connectivity index (χ0) is 29.0. The lowest BCUT2D eigenvalue weighted by Gasteiger charge is -2.32. The Bertz CT molecular complexity index is 1340. The van der Waals surface area contributed by atoms with Gasteiger partial charge in [0.15, 0.2) is 0 Å². The summed E-state index contributed by atoms with van der Waals surface area (Å²) < 4.78 is 27.2. The summed E-state index contributed by atoms with van der Waals surface area (Å²) in [5, 5.41) is 3.02. The van der Waals surface area contributed by atoms with E-state index in [1.54, 1.807) is 29.2 Å². The molecule has 2 amide bonds. The Balaban J connectivity index is 1.86. The summed E-state index contributed by atoms with van der Waals surface area (Å²) in [4.78, 5) is 29.0. The normalized spacial score (nSPS) is 12.0. The van der Waals surface area contributed by atoms with Crippen LogP contribution in [0.3, 0.4) is 0 Å². The first-order valence-electron chi connectivity index (χ1n) is 13.6. The van der Waals surface area contributed by atoms with Crippen LogP contribution in [-0.4, -0.2) is 50.5 Å². The number of anilines is 1. The summed E-state index contributed by atoms with van der Waals surface area (Å²) >= 11 is 3.50. The molecule has 214 valence electrons. The molecule has 0 saturated heterocycles. The van der Waals surface area contributed by atoms with Gasteiger partial charge in [-0.05, 0) is 48.2 Å². The number of amides is 2. The maximum absolute atomic E-state index is 13.8. The van der Waals surface area contributed by atoms with Gasteiger partial charge in [-0.2, -0.15) is 0 Å².